The number of rotatable bonds is 5. The molecule has 6 heteroatoms. The molecule has 0 unspecified atom stereocenters. The maximum atomic E-state index is 12.8. The van der Waals surface area contributed by atoms with Gasteiger partial charge in [-0.2, -0.15) is 0 Å². The Morgan fingerprint density at radius 1 is 1.11 bits per heavy atom. The minimum atomic E-state index is -0.179. The van der Waals surface area contributed by atoms with Gasteiger partial charge in [0.1, 0.15) is 5.75 Å². The normalized spacial score (nSPS) is 15.1. The van der Waals surface area contributed by atoms with Gasteiger partial charge in [0, 0.05) is 31.7 Å². The predicted molar refractivity (Wildman–Crippen MR) is 111 cm³/mol. The van der Waals surface area contributed by atoms with E-state index in [-0.39, 0.29) is 12.0 Å². The molecule has 2 aromatic rings. The second-order valence-corrected chi connectivity index (χ2v) is 7.48. The van der Waals surface area contributed by atoms with Crippen LogP contribution >= 0.6 is 11.6 Å². The van der Waals surface area contributed by atoms with Gasteiger partial charge in [-0.15, -0.1) is 0 Å². The molecule has 1 aliphatic rings. The molecule has 1 amide bonds. The summed E-state index contributed by atoms with van der Waals surface area (Å²) in [5, 5.41) is 3.67. The number of hydrogen-bond donors (Lipinski definition) is 1. The Balaban J connectivity index is 1.81. The minimum absolute atomic E-state index is 0.0556. The number of carbonyl (C=O) groups excluding carboxylic acids is 1. The average molecular weight is 388 g/mol. The maximum Gasteiger partial charge on any atom is 0.255 e. The van der Waals surface area contributed by atoms with Gasteiger partial charge in [-0.05, 0) is 51.2 Å². The van der Waals surface area contributed by atoms with Gasteiger partial charge in [0.2, 0.25) is 0 Å². The van der Waals surface area contributed by atoms with Gasteiger partial charge in [0.25, 0.3) is 5.91 Å². The molecule has 0 bridgehead atoms. The molecular formula is C21H26ClN3O2. The van der Waals surface area contributed by atoms with Crippen molar-refractivity contribution in [1.29, 1.82) is 0 Å². The number of nitrogens with zero attached hydrogens (tertiary/aromatic N) is 2. The topological polar surface area (TPSA) is 44.8 Å². The quantitative estimate of drug-likeness (QED) is 0.837. The van der Waals surface area contributed by atoms with E-state index in [2.05, 4.69) is 22.2 Å². The van der Waals surface area contributed by atoms with Crippen LogP contribution < -0.4 is 15.0 Å². The number of piperazine rings is 1. The summed E-state index contributed by atoms with van der Waals surface area (Å²) in [6, 6.07) is 12.8. The molecule has 0 aromatic heterocycles. The van der Waals surface area contributed by atoms with Crippen LogP contribution in [0.15, 0.2) is 42.5 Å². The van der Waals surface area contributed by atoms with Gasteiger partial charge in [0.05, 0.1) is 22.5 Å². The van der Waals surface area contributed by atoms with E-state index in [1.165, 1.54) is 0 Å². The molecule has 5 nitrogen and oxygen atoms in total. The second kappa shape index (κ2) is 8.63. The van der Waals surface area contributed by atoms with Crippen molar-refractivity contribution in [3.63, 3.8) is 0 Å². The van der Waals surface area contributed by atoms with E-state index in [0.717, 1.165) is 37.6 Å². The molecule has 144 valence electrons. The number of para-hydroxylation sites is 1. The van der Waals surface area contributed by atoms with Gasteiger partial charge >= 0.3 is 0 Å². The zero-order valence-electron chi connectivity index (χ0n) is 16.0. The number of anilines is 2. The van der Waals surface area contributed by atoms with Crippen molar-refractivity contribution in [2.75, 3.05) is 43.4 Å². The number of nitrogens with one attached hydrogen (secondary N) is 1. The van der Waals surface area contributed by atoms with E-state index in [0.29, 0.717) is 16.3 Å². The molecule has 2 aromatic carbocycles. The van der Waals surface area contributed by atoms with Crippen molar-refractivity contribution in [3.05, 3.63) is 53.1 Å². The number of halogens is 1. The lowest BCUT2D eigenvalue weighted by Gasteiger charge is -2.35. The third-order valence-corrected chi connectivity index (χ3v) is 4.83. The minimum Gasteiger partial charge on any atom is -0.491 e. The standard InChI is InChI=1S/C21H26ClN3O2/c1-15(2)27-17-7-4-6-16(14-17)21(26)23-19-9-5-8-18(22)20(19)25-12-10-24(3)11-13-25/h4-9,14-15H,10-13H2,1-3H3,(H,23,26). The molecule has 27 heavy (non-hydrogen) atoms. The summed E-state index contributed by atoms with van der Waals surface area (Å²) in [6.07, 6.45) is 0.0556. The number of ether oxygens (including phenoxy) is 1. The van der Waals surface area contributed by atoms with Crippen molar-refractivity contribution < 1.29 is 9.53 Å². The van der Waals surface area contributed by atoms with Crippen molar-refractivity contribution >= 4 is 28.9 Å². The summed E-state index contributed by atoms with van der Waals surface area (Å²) >= 11 is 6.48. The summed E-state index contributed by atoms with van der Waals surface area (Å²) in [4.78, 5) is 17.3. The number of hydrogen-bond acceptors (Lipinski definition) is 4. The lowest BCUT2D eigenvalue weighted by atomic mass is 10.1. The van der Waals surface area contributed by atoms with Crippen LogP contribution in [0.4, 0.5) is 11.4 Å². The monoisotopic (exact) mass is 387 g/mol. The summed E-state index contributed by atoms with van der Waals surface area (Å²) < 4.78 is 5.69. The Morgan fingerprint density at radius 2 is 1.81 bits per heavy atom. The Morgan fingerprint density at radius 3 is 2.52 bits per heavy atom. The van der Waals surface area contributed by atoms with Gasteiger partial charge in [0.15, 0.2) is 0 Å². The lowest BCUT2D eigenvalue weighted by molar-refractivity contribution is 0.102. The molecular weight excluding hydrogens is 362 g/mol. The second-order valence-electron chi connectivity index (χ2n) is 7.07. The lowest BCUT2D eigenvalue weighted by Crippen LogP contribution is -2.44. The van der Waals surface area contributed by atoms with Crippen molar-refractivity contribution in [2.24, 2.45) is 0 Å². The highest BCUT2D eigenvalue weighted by Crippen LogP contribution is 2.35. The van der Waals surface area contributed by atoms with Crippen molar-refractivity contribution in [3.8, 4) is 5.75 Å². The highest BCUT2D eigenvalue weighted by atomic mass is 35.5. The summed E-state index contributed by atoms with van der Waals surface area (Å²) in [5.41, 5.74) is 2.17. The van der Waals surface area contributed by atoms with Crippen LogP contribution in [0.25, 0.3) is 0 Å². The molecule has 1 saturated heterocycles. The van der Waals surface area contributed by atoms with E-state index in [1.807, 2.05) is 44.2 Å². The molecule has 0 spiro atoms. The third-order valence-electron chi connectivity index (χ3n) is 4.52. The first-order valence-electron chi connectivity index (χ1n) is 9.24. The van der Waals surface area contributed by atoms with Gasteiger partial charge in [-0.1, -0.05) is 23.7 Å². The highest BCUT2D eigenvalue weighted by Gasteiger charge is 2.21. The molecule has 0 aliphatic carbocycles. The first-order valence-corrected chi connectivity index (χ1v) is 9.62. The molecule has 1 N–H and O–H groups in total. The Labute approximate surface area is 165 Å². The fraction of sp³-hybridized carbons (Fsp3) is 0.381. The van der Waals surface area contributed by atoms with Crippen molar-refractivity contribution in [1.82, 2.24) is 4.90 Å². The number of likely N-dealkylation sites (N-methyl/N-ethyl adjacent to an activating group) is 1. The van der Waals surface area contributed by atoms with E-state index in [1.54, 1.807) is 12.1 Å². The van der Waals surface area contributed by atoms with E-state index in [4.69, 9.17) is 16.3 Å². The van der Waals surface area contributed by atoms with Crippen molar-refractivity contribution in [2.45, 2.75) is 20.0 Å². The van der Waals surface area contributed by atoms with Gasteiger partial charge < -0.3 is 19.9 Å². The van der Waals surface area contributed by atoms with Crippen LogP contribution in [0.1, 0.15) is 24.2 Å². The Bertz CT molecular complexity index is 802. The zero-order valence-corrected chi connectivity index (χ0v) is 16.8. The van der Waals surface area contributed by atoms with Crippen LogP contribution in [-0.4, -0.2) is 50.1 Å². The fourth-order valence-corrected chi connectivity index (χ4v) is 3.44. The van der Waals surface area contributed by atoms with E-state index < -0.39 is 0 Å². The summed E-state index contributed by atoms with van der Waals surface area (Å²) in [7, 11) is 2.11. The molecule has 3 rings (SSSR count). The molecule has 0 radical (unpaired) electrons. The SMILES string of the molecule is CC(C)Oc1cccc(C(=O)Nc2cccc(Cl)c2N2CCN(C)CC2)c1. The Hall–Kier alpha value is -2.24. The van der Waals surface area contributed by atoms with Crippen LogP contribution in [0.5, 0.6) is 5.75 Å². The fourth-order valence-electron chi connectivity index (χ4n) is 3.14. The van der Waals surface area contributed by atoms with Crippen LogP contribution in [0.3, 0.4) is 0 Å². The third kappa shape index (κ3) is 4.93. The number of amides is 1. The van der Waals surface area contributed by atoms with Crippen LogP contribution in [0.2, 0.25) is 5.02 Å². The number of carbonyl (C=O) groups is 1. The highest BCUT2D eigenvalue weighted by molar-refractivity contribution is 6.34. The van der Waals surface area contributed by atoms with Gasteiger partial charge in [-0.25, -0.2) is 0 Å². The maximum absolute atomic E-state index is 12.8. The van der Waals surface area contributed by atoms with Crippen LogP contribution in [0, 0.1) is 0 Å². The zero-order chi connectivity index (χ0) is 19.4. The predicted octanol–water partition coefficient (Wildman–Crippen LogP) is 4.13. The van der Waals surface area contributed by atoms with E-state index >= 15 is 0 Å². The molecule has 1 fully saturated rings. The summed E-state index contributed by atoms with van der Waals surface area (Å²) in [5.74, 6) is 0.505. The largest absolute Gasteiger partial charge is 0.491 e. The first kappa shape index (κ1) is 19.5. The first-order chi connectivity index (χ1) is 12.9. The molecule has 1 heterocycles. The summed E-state index contributed by atoms with van der Waals surface area (Å²) in [6.45, 7) is 7.60. The molecule has 0 saturated carbocycles. The van der Waals surface area contributed by atoms with Crippen LogP contribution in [-0.2, 0) is 0 Å². The number of benzene rings is 2. The smallest absolute Gasteiger partial charge is 0.255 e. The van der Waals surface area contributed by atoms with Gasteiger partial charge in [-0.3, -0.25) is 4.79 Å². The average Bonchev–Trinajstić information content (AvgIpc) is 2.63. The molecule has 0 atom stereocenters. The molecule has 1 aliphatic heterocycles. The Kier molecular flexibility index (Phi) is 6.24. The van der Waals surface area contributed by atoms with E-state index in [9.17, 15) is 4.79 Å².